The Morgan fingerprint density at radius 1 is 1.18 bits per heavy atom. The average Bonchev–Trinajstić information content (AvgIpc) is 2.93. The number of aromatic nitrogens is 1. The summed E-state index contributed by atoms with van der Waals surface area (Å²) in [7, 11) is 0. The molecule has 4 rings (SSSR count). The van der Waals surface area contributed by atoms with Crippen LogP contribution in [0.2, 0.25) is 0 Å². The quantitative estimate of drug-likeness (QED) is 0.883. The minimum atomic E-state index is -0.367. The Hall–Kier alpha value is -1.98. The van der Waals surface area contributed by atoms with E-state index in [4.69, 9.17) is 0 Å². The zero-order chi connectivity index (χ0) is 15.3. The molecule has 2 fully saturated rings. The van der Waals surface area contributed by atoms with E-state index in [1.54, 1.807) is 6.20 Å². The van der Waals surface area contributed by atoms with Crippen molar-refractivity contribution in [3.05, 3.63) is 42.1 Å². The number of rotatable bonds is 3. The van der Waals surface area contributed by atoms with Gasteiger partial charge in [0.25, 0.3) is 5.91 Å². The molecule has 0 spiro atoms. The Kier molecular flexibility index (Phi) is 2.96. The van der Waals surface area contributed by atoms with Crippen molar-refractivity contribution in [1.29, 1.82) is 0 Å². The first-order valence-electron chi connectivity index (χ1n) is 7.56. The molecule has 1 aromatic carbocycles. The van der Waals surface area contributed by atoms with Crippen LogP contribution in [0.15, 0.2) is 36.5 Å². The normalized spacial score (nSPS) is 25.3. The summed E-state index contributed by atoms with van der Waals surface area (Å²) in [5.74, 6) is 0.421. The number of aliphatic hydroxyl groups excluding tert-OH is 2. The average molecular weight is 298 g/mol. The fraction of sp³-hybridized carbons (Fsp3) is 0.412. The van der Waals surface area contributed by atoms with E-state index in [1.807, 2.05) is 35.2 Å². The van der Waals surface area contributed by atoms with Gasteiger partial charge in [-0.05, 0) is 24.0 Å². The summed E-state index contributed by atoms with van der Waals surface area (Å²) in [5, 5.41) is 19.9. The summed E-state index contributed by atoms with van der Waals surface area (Å²) in [6, 6.07) is 9.44. The van der Waals surface area contributed by atoms with Gasteiger partial charge in [-0.3, -0.25) is 9.78 Å². The molecule has 1 saturated carbocycles. The van der Waals surface area contributed by atoms with Crippen LogP contribution < -0.4 is 0 Å². The summed E-state index contributed by atoms with van der Waals surface area (Å²) in [6.45, 7) is 1.20. The van der Waals surface area contributed by atoms with Gasteiger partial charge in [-0.1, -0.05) is 18.2 Å². The molecule has 2 unspecified atom stereocenters. The summed E-state index contributed by atoms with van der Waals surface area (Å²) in [6.07, 6.45) is 1.70. The smallest absolute Gasteiger partial charge is 0.256 e. The second kappa shape index (κ2) is 4.76. The Morgan fingerprint density at radius 2 is 1.86 bits per heavy atom. The molecule has 1 aromatic heterocycles. The molecule has 2 atom stereocenters. The van der Waals surface area contributed by atoms with Crippen molar-refractivity contribution in [1.82, 2.24) is 9.88 Å². The molecule has 22 heavy (non-hydrogen) atoms. The lowest BCUT2D eigenvalue weighted by molar-refractivity contribution is 0.0638. The molecule has 1 amide bonds. The number of fused-ring (bicyclic) bond motifs is 2. The van der Waals surface area contributed by atoms with Crippen LogP contribution in [0.5, 0.6) is 0 Å². The van der Waals surface area contributed by atoms with Crippen molar-refractivity contribution in [2.45, 2.75) is 0 Å². The lowest BCUT2D eigenvalue weighted by atomic mass is 10.0. The highest BCUT2D eigenvalue weighted by Crippen LogP contribution is 2.62. The van der Waals surface area contributed by atoms with E-state index >= 15 is 0 Å². The van der Waals surface area contributed by atoms with Crippen molar-refractivity contribution in [2.24, 2.45) is 17.3 Å². The highest BCUT2D eigenvalue weighted by atomic mass is 16.3. The minimum absolute atomic E-state index is 0.00329. The van der Waals surface area contributed by atoms with Gasteiger partial charge in [0.2, 0.25) is 0 Å². The number of benzene rings is 1. The number of hydrogen-bond acceptors (Lipinski definition) is 4. The number of pyridine rings is 1. The van der Waals surface area contributed by atoms with E-state index in [-0.39, 0.29) is 36.4 Å². The first-order chi connectivity index (χ1) is 10.7. The Labute approximate surface area is 128 Å². The number of aliphatic hydroxyl groups is 2. The highest BCUT2D eigenvalue weighted by Gasteiger charge is 2.68. The fourth-order valence-corrected chi connectivity index (χ4v) is 3.97. The number of nitrogens with zero attached hydrogens (tertiary/aromatic N) is 2. The van der Waals surface area contributed by atoms with E-state index in [0.717, 1.165) is 10.9 Å². The van der Waals surface area contributed by atoms with E-state index in [9.17, 15) is 15.0 Å². The van der Waals surface area contributed by atoms with Crippen LogP contribution >= 0.6 is 0 Å². The van der Waals surface area contributed by atoms with Crippen LogP contribution in [0, 0.1) is 17.3 Å². The predicted octanol–water partition coefficient (Wildman–Crippen LogP) is 0.908. The minimum Gasteiger partial charge on any atom is -0.396 e. The zero-order valence-corrected chi connectivity index (χ0v) is 12.1. The van der Waals surface area contributed by atoms with Crippen LogP contribution in [0.1, 0.15) is 10.4 Å². The SMILES string of the molecule is O=C(c1cccc2cccnc12)N1CC2C(C1)C2(CO)CO. The van der Waals surface area contributed by atoms with Crippen molar-refractivity contribution in [3.63, 3.8) is 0 Å². The van der Waals surface area contributed by atoms with Gasteiger partial charge in [0.05, 0.1) is 24.3 Å². The molecule has 1 aliphatic heterocycles. The molecule has 0 bridgehead atoms. The Bertz CT molecular complexity index is 722. The third-order valence-electron chi connectivity index (χ3n) is 5.43. The number of piperidine rings is 1. The first-order valence-corrected chi connectivity index (χ1v) is 7.56. The van der Waals surface area contributed by atoms with Gasteiger partial charge in [0, 0.05) is 30.1 Å². The zero-order valence-electron chi connectivity index (χ0n) is 12.1. The van der Waals surface area contributed by atoms with Crippen LogP contribution in [-0.2, 0) is 0 Å². The third-order valence-corrected chi connectivity index (χ3v) is 5.43. The Balaban J connectivity index is 1.59. The van der Waals surface area contributed by atoms with Gasteiger partial charge >= 0.3 is 0 Å². The molecule has 0 radical (unpaired) electrons. The number of carbonyl (C=O) groups is 1. The van der Waals surface area contributed by atoms with Gasteiger partial charge in [0.15, 0.2) is 0 Å². The molecule has 1 saturated heterocycles. The molecule has 5 nitrogen and oxygen atoms in total. The molecule has 1 aliphatic carbocycles. The fourth-order valence-electron chi connectivity index (χ4n) is 3.97. The predicted molar refractivity (Wildman–Crippen MR) is 81.2 cm³/mol. The summed E-state index contributed by atoms with van der Waals surface area (Å²) in [5.41, 5.74) is 0.984. The topological polar surface area (TPSA) is 73.7 Å². The van der Waals surface area contributed by atoms with E-state index in [0.29, 0.717) is 18.7 Å². The van der Waals surface area contributed by atoms with Crippen molar-refractivity contribution in [3.8, 4) is 0 Å². The maximum absolute atomic E-state index is 12.8. The van der Waals surface area contributed by atoms with Crippen LogP contribution in [0.4, 0.5) is 0 Å². The maximum Gasteiger partial charge on any atom is 0.256 e. The number of likely N-dealkylation sites (tertiary alicyclic amines) is 1. The van der Waals surface area contributed by atoms with Crippen LogP contribution in [-0.4, -0.2) is 52.3 Å². The van der Waals surface area contributed by atoms with Gasteiger partial charge in [-0.2, -0.15) is 0 Å². The molecule has 2 aromatic rings. The lowest BCUT2D eigenvalue weighted by Crippen LogP contribution is -2.36. The maximum atomic E-state index is 12.8. The second-order valence-corrected chi connectivity index (χ2v) is 6.35. The molecule has 2 heterocycles. The number of hydrogen-bond donors (Lipinski definition) is 2. The molecule has 5 heteroatoms. The molecule has 2 N–H and O–H groups in total. The molecular weight excluding hydrogens is 280 g/mol. The third kappa shape index (κ3) is 1.72. The van der Waals surface area contributed by atoms with Crippen molar-refractivity contribution < 1.29 is 15.0 Å². The standard InChI is InChI=1S/C17H18N2O3/c20-9-17(10-21)13-7-19(8-14(13)17)16(22)12-5-1-3-11-4-2-6-18-15(11)12/h1-6,13-14,20-21H,7-10H2. The van der Waals surface area contributed by atoms with E-state index in [2.05, 4.69) is 4.98 Å². The second-order valence-electron chi connectivity index (χ2n) is 6.35. The molecule has 2 aliphatic rings. The van der Waals surface area contributed by atoms with Gasteiger partial charge < -0.3 is 15.1 Å². The van der Waals surface area contributed by atoms with Crippen LogP contribution in [0.25, 0.3) is 10.9 Å². The van der Waals surface area contributed by atoms with Crippen molar-refractivity contribution >= 4 is 16.8 Å². The summed E-state index contributed by atoms with van der Waals surface area (Å²) in [4.78, 5) is 18.9. The van der Waals surface area contributed by atoms with Crippen LogP contribution in [0.3, 0.4) is 0 Å². The number of carbonyl (C=O) groups excluding carboxylic acids is 1. The Morgan fingerprint density at radius 3 is 2.55 bits per heavy atom. The monoisotopic (exact) mass is 298 g/mol. The first kappa shape index (κ1) is 13.7. The largest absolute Gasteiger partial charge is 0.396 e. The molecule has 114 valence electrons. The summed E-state index contributed by atoms with van der Waals surface area (Å²) >= 11 is 0. The highest BCUT2D eigenvalue weighted by molar-refractivity contribution is 6.05. The van der Waals surface area contributed by atoms with E-state index in [1.165, 1.54) is 0 Å². The lowest BCUT2D eigenvalue weighted by Gasteiger charge is -2.24. The molecular formula is C17H18N2O3. The summed E-state index contributed by atoms with van der Waals surface area (Å²) < 4.78 is 0. The van der Waals surface area contributed by atoms with Crippen molar-refractivity contribution in [2.75, 3.05) is 26.3 Å². The van der Waals surface area contributed by atoms with Gasteiger partial charge in [0.1, 0.15) is 0 Å². The number of amides is 1. The van der Waals surface area contributed by atoms with Gasteiger partial charge in [-0.25, -0.2) is 0 Å². The number of para-hydroxylation sites is 1. The van der Waals surface area contributed by atoms with E-state index < -0.39 is 0 Å². The van der Waals surface area contributed by atoms with Gasteiger partial charge in [-0.15, -0.1) is 0 Å².